The van der Waals surface area contributed by atoms with Gasteiger partial charge >= 0.3 is 0 Å². The molecule has 8 heteroatoms. The van der Waals surface area contributed by atoms with Crippen molar-refractivity contribution in [2.24, 2.45) is 0 Å². The van der Waals surface area contributed by atoms with E-state index in [2.05, 4.69) is 28.3 Å². The predicted octanol–water partition coefficient (Wildman–Crippen LogP) is 3.14. The van der Waals surface area contributed by atoms with Crippen molar-refractivity contribution >= 4 is 35.0 Å². The van der Waals surface area contributed by atoms with Crippen LogP contribution in [0.15, 0.2) is 59.5 Å². The molecule has 0 unspecified atom stereocenters. The van der Waals surface area contributed by atoms with Crippen molar-refractivity contribution in [3.05, 3.63) is 54.6 Å². The van der Waals surface area contributed by atoms with Crippen LogP contribution in [-0.2, 0) is 4.79 Å². The van der Waals surface area contributed by atoms with E-state index in [1.165, 1.54) is 4.90 Å². The molecule has 150 valence electrons. The predicted molar refractivity (Wildman–Crippen MR) is 117 cm³/mol. The molecule has 0 aliphatic carbocycles. The number of ether oxygens (including phenoxy) is 2. The van der Waals surface area contributed by atoms with Gasteiger partial charge in [-0.1, -0.05) is 18.2 Å². The number of thiocarbonyl (C=S) groups is 1. The maximum Gasteiger partial charge on any atom is 0.279 e. The summed E-state index contributed by atoms with van der Waals surface area (Å²) in [6.45, 7) is 4.87. The molecule has 0 saturated carbocycles. The van der Waals surface area contributed by atoms with Gasteiger partial charge in [-0.3, -0.25) is 15.6 Å². The minimum atomic E-state index is -0.679. The number of rotatable bonds is 9. The molecular weight excluding hydrogens is 394 g/mol. The maximum atomic E-state index is 12.1. The van der Waals surface area contributed by atoms with E-state index in [0.717, 1.165) is 11.5 Å². The Hall–Kier alpha value is -2.45. The lowest BCUT2D eigenvalue weighted by molar-refractivity contribution is -0.127. The van der Waals surface area contributed by atoms with Gasteiger partial charge in [0.25, 0.3) is 5.91 Å². The van der Waals surface area contributed by atoms with Crippen molar-refractivity contribution in [3.63, 3.8) is 0 Å². The zero-order chi connectivity index (χ0) is 20.2. The Morgan fingerprint density at radius 2 is 1.75 bits per heavy atom. The summed E-state index contributed by atoms with van der Waals surface area (Å²) in [5, 5.41) is 3.40. The number of hydrogen-bond donors (Lipinski definition) is 3. The van der Waals surface area contributed by atoms with E-state index in [4.69, 9.17) is 21.7 Å². The summed E-state index contributed by atoms with van der Waals surface area (Å²) in [5.41, 5.74) is 5.23. The minimum Gasteiger partial charge on any atom is -0.494 e. The second-order valence-corrected chi connectivity index (χ2v) is 7.27. The Bertz CT molecular complexity index is 742. The SMILES string of the molecule is CCOc1ccc(O[C@H](C)C(=O)NNC(=S)NCCSc2ccccc2)cc1. The molecule has 0 saturated heterocycles. The van der Waals surface area contributed by atoms with Crippen LogP contribution in [0.3, 0.4) is 0 Å². The molecule has 28 heavy (non-hydrogen) atoms. The average molecular weight is 420 g/mol. The number of hydrogen-bond acceptors (Lipinski definition) is 5. The molecule has 2 rings (SSSR count). The highest BCUT2D eigenvalue weighted by molar-refractivity contribution is 7.99. The number of thioether (sulfide) groups is 1. The Kier molecular flexibility index (Phi) is 9.44. The van der Waals surface area contributed by atoms with Crippen LogP contribution in [0, 0.1) is 0 Å². The third-order valence-electron chi connectivity index (χ3n) is 3.52. The van der Waals surface area contributed by atoms with E-state index >= 15 is 0 Å². The fraction of sp³-hybridized carbons (Fsp3) is 0.300. The summed E-state index contributed by atoms with van der Waals surface area (Å²) >= 11 is 6.89. The van der Waals surface area contributed by atoms with Crippen molar-refractivity contribution in [1.82, 2.24) is 16.2 Å². The quantitative estimate of drug-likeness (QED) is 0.250. The monoisotopic (exact) mass is 419 g/mol. The van der Waals surface area contributed by atoms with Gasteiger partial charge in [0, 0.05) is 17.2 Å². The second kappa shape index (κ2) is 12.1. The molecule has 1 atom stereocenters. The van der Waals surface area contributed by atoms with E-state index in [9.17, 15) is 4.79 Å². The molecule has 0 fully saturated rings. The zero-order valence-electron chi connectivity index (χ0n) is 15.9. The van der Waals surface area contributed by atoms with Crippen LogP contribution in [0.4, 0.5) is 0 Å². The van der Waals surface area contributed by atoms with Crippen LogP contribution >= 0.6 is 24.0 Å². The van der Waals surface area contributed by atoms with Crippen LogP contribution in [0.5, 0.6) is 11.5 Å². The topological polar surface area (TPSA) is 71.6 Å². The van der Waals surface area contributed by atoms with E-state index in [-0.39, 0.29) is 5.91 Å². The van der Waals surface area contributed by atoms with Gasteiger partial charge in [-0.15, -0.1) is 11.8 Å². The molecule has 0 bridgehead atoms. The van der Waals surface area contributed by atoms with E-state index in [1.807, 2.05) is 25.1 Å². The van der Waals surface area contributed by atoms with Gasteiger partial charge < -0.3 is 14.8 Å². The van der Waals surface area contributed by atoms with Crippen molar-refractivity contribution in [2.45, 2.75) is 24.8 Å². The molecule has 0 aliphatic rings. The highest BCUT2D eigenvalue weighted by Gasteiger charge is 2.14. The molecule has 6 nitrogen and oxygen atoms in total. The fourth-order valence-electron chi connectivity index (χ4n) is 2.15. The van der Waals surface area contributed by atoms with Crippen molar-refractivity contribution in [3.8, 4) is 11.5 Å². The lowest BCUT2D eigenvalue weighted by Crippen LogP contribution is -2.50. The van der Waals surface area contributed by atoms with Crippen LogP contribution < -0.4 is 25.6 Å². The lowest BCUT2D eigenvalue weighted by atomic mass is 10.3. The van der Waals surface area contributed by atoms with Gasteiger partial charge in [-0.05, 0) is 62.5 Å². The number of carbonyl (C=O) groups excluding carboxylic acids is 1. The summed E-state index contributed by atoms with van der Waals surface area (Å²) in [7, 11) is 0. The smallest absolute Gasteiger partial charge is 0.279 e. The minimum absolute atomic E-state index is 0.323. The molecule has 0 aromatic heterocycles. The largest absolute Gasteiger partial charge is 0.494 e. The van der Waals surface area contributed by atoms with Crippen molar-refractivity contribution < 1.29 is 14.3 Å². The highest BCUT2D eigenvalue weighted by Crippen LogP contribution is 2.18. The van der Waals surface area contributed by atoms with Gasteiger partial charge in [0.15, 0.2) is 11.2 Å². The summed E-state index contributed by atoms with van der Waals surface area (Å²) < 4.78 is 11.0. The Balaban J connectivity index is 1.62. The van der Waals surface area contributed by atoms with Gasteiger partial charge in [-0.25, -0.2) is 0 Å². The first-order valence-electron chi connectivity index (χ1n) is 8.99. The number of nitrogens with one attached hydrogen (secondary N) is 3. The van der Waals surface area contributed by atoms with Crippen LogP contribution in [0.25, 0.3) is 0 Å². The van der Waals surface area contributed by atoms with Gasteiger partial charge in [0.1, 0.15) is 11.5 Å². The summed E-state index contributed by atoms with van der Waals surface area (Å²) in [6.07, 6.45) is -0.679. The maximum absolute atomic E-state index is 12.1. The molecule has 0 radical (unpaired) electrons. The normalized spacial score (nSPS) is 11.2. The average Bonchev–Trinajstić information content (AvgIpc) is 2.71. The van der Waals surface area contributed by atoms with Crippen molar-refractivity contribution in [2.75, 3.05) is 18.9 Å². The van der Waals surface area contributed by atoms with E-state index < -0.39 is 6.10 Å². The first-order chi connectivity index (χ1) is 13.6. The fourth-order valence-corrected chi connectivity index (χ4v) is 3.10. The first kappa shape index (κ1) is 21.8. The molecule has 1 amide bonds. The molecule has 3 N–H and O–H groups in total. The lowest BCUT2D eigenvalue weighted by Gasteiger charge is -2.16. The standard InChI is InChI=1S/C20H25N3O3S2/c1-3-25-16-9-11-17(12-10-16)26-15(2)19(24)22-23-20(27)21-13-14-28-18-7-5-4-6-8-18/h4-12,15H,3,13-14H2,1-2H3,(H,22,24)(H2,21,23,27)/t15-/m1/s1. The molecule has 0 spiro atoms. The molecule has 0 aliphatic heterocycles. The third-order valence-corrected chi connectivity index (χ3v) is 4.78. The van der Waals surface area contributed by atoms with Gasteiger partial charge in [-0.2, -0.15) is 0 Å². The number of amides is 1. The molecule has 2 aromatic carbocycles. The van der Waals surface area contributed by atoms with E-state index in [0.29, 0.717) is 24.0 Å². The Morgan fingerprint density at radius 1 is 1.07 bits per heavy atom. The number of benzene rings is 2. The van der Waals surface area contributed by atoms with Gasteiger partial charge in [0.05, 0.1) is 6.61 Å². The molecule has 2 aromatic rings. The third kappa shape index (κ3) is 8.06. The highest BCUT2D eigenvalue weighted by atomic mass is 32.2. The van der Waals surface area contributed by atoms with Crippen LogP contribution in [0.2, 0.25) is 0 Å². The Morgan fingerprint density at radius 3 is 2.43 bits per heavy atom. The molecule has 0 heterocycles. The number of carbonyl (C=O) groups is 1. The van der Waals surface area contributed by atoms with Gasteiger partial charge in [0.2, 0.25) is 0 Å². The zero-order valence-corrected chi connectivity index (χ0v) is 17.6. The van der Waals surface area contributed by atoms with Crippen LogP contribution in [0.1, 0.15) is 13.8 Å². The first-order valence-corrected chi connectivity index (χ1v) is 10.4. The summed E-state index contributed by atoms with van der Waals surface area (Å²) in [4.78, 5) is 13.3. The summed E-state index contributed by atoms with van der Waals surface area (Å²) in [6, 6.07) is 17.3. The second-order valence-electron chi connectivity index (χ2n) is 5.70. The molecular formula is C20H25N3O3S2. The number of hydrazine groups is 1. The van der Waals surface area contributed by atoms with E-state index in [1.54, 1.807) is 43.0 Å². The Labute approximate surface area is 175 Å². The summed E-state index contributed by atoms with van der Waals surface area (Å²) in [5.74, 6) is 1.88. The van der Waals surface area contributed by atoms with Crippen molar-refractivity contribution in [1.29, 1.82) is 0 Å². The van der Waals surface area contributed by atoms with Crippen LogP contribution in [-0.4, -0.2) is 36.0 Å².